The van der Waals surface area contributed by atoms with Gasteiger partial charge in [0.05, 0.1) is 0 Å². The van der Waals surface area contributed by atoms with Crippen molar-refractivity contribution in [1.82, 2.24) is 10.2 Å². The first-order valence-electron chi connectivity index (χ1n) is 4.16. The zero-order chi connectivity index (χ0) is 9.26. The van der Waals surface area contributed by atoms with Crippen LogP contribution in [0, 0.1) is 6.92 Å². The molecule has 13 heavy (non-hydrogen) atoms. The summed E-state index contributed by atoms with van der Waals surface area (Å²) < 4.78 is 16.3. The van der Waals surface area contributed by atoms with Crippen molar-refractivity contribution in [2.45, 2.75) is 6.92 Å². The van der Waals surface area contributed by atoms with Crippen LogP contribution in [0.3, 0.4) is 0 Å². The highest BCUT2D eigenvalue weighted by atomic mass is 32.2. The molecule has 6 heteroatoms. The fourth-order valence-electron chi connectivity index (χ4n) is 1.24. The molecule has 1 aromatic rings. The molecule has 72 valence electrons. The summed E-state index contributed by atoms with van der Waals surface area (Å²) in [6, 6.07) is 0.550. The number of aromatic nitrogens is 2. The maximum atomic E-state index is 11.1. The van der Waals surface area contributed by atoms with Crippen molar-refractivity contribution in [3.8, 4) is 0 Å². The molecule has 1 aliphatic heterocycles. The molecule has 0 bridgehead atoms. The molecule has 2 rings (SSSR count). The minimum atomic E-state index is -0.659. The van der Waals surface area contributed by atoms with E-state index in [9.17, 15) is 4.21 Å². The van der Waals surface area contributed by atoms with Crippen LogP contribution in [0.2, 0.25) is 0 Å². The molecular formula is C7H11N3O2S. The standard InChI is InChI=1S/C7H11N3O2S/c1-6-8-9-7(12-6)10-2-4-13(11)5-3-10/h2-5H2,1H3. The Morgan fingerprint density at radius 1 is 1.38 bits per heavy atom. The van der Waals surface area contributed by atoms with Crippen LogP contribution in [0.1, 0.15) is 5.89 Å². The molecule has 1 fully saturated rings. The van der Waals surface area contributed by atoms with Crippen LogP contribution in [-0.4, -0.2) is 39.0 Å². The van der Waals surface area contributed by atoms with Crippen molar-refractivity contribution in [3.63, 3.8) is 0 Å². The smallest absolute Gasteiger partial charge is 0.318 e. The van der Waals surface area contributed by atoms with Gasteiger partial charge in [0.15, 0.2) is 0 Å². The van der Waals surface area contributed by atoms with E-state index in [1.807, 2.05) is 4.90 Å². The van der Waals surface area contributed by atoms with E-state index >= 15 is 0 Å². The van der Waals surface area contributed by atoms with E-state index in [1.165, 1.54) is 0 Å². The predicted octanol–water partition coefficient (Wildman–Crippen LogP) is -0.0533. The molecule has 0 atom stereocenters. The molecular weight excluding hydrogens is 190 g/mol. The molecule has 0 N–H and O–H groups in total. The fourth-order valence-corrected chi connectivity index (χ4v) is 2.30. The highest BCUT2D eigenvalue weighted by molar-refractivity contribution is 7.85. The average molecular weight is 201 g/mol. The van der Waals surface area contributed by atoms with Crippen LogP contribution < -0.4 is 4.90 Å². The minimum absolute atomic E-state index is 0.550. The van der Waals surface area contributed by atoms with Crippen molar-refractivity contribution < 1.29 is 8.63 Å². The third-order valence-electron chi connectivity index (χ3n) is 1.96. The normalized spacial score (nSPS) is 19.3. The lowest BCUT2D eigenvalue weighted by atomic mass is 10.5. The number of nitrogens with zero attached hydrogens (tertiary/aromatic N) is 3. The molecule has 0 radical (unpaired) electrons. The van der Waals surface area contributed by atoms with E-state index in [-0.39, 0.29) is 0 Å². The number of hydrogen-bond acceptors (Lipinski definition) is 5. The predicted molar refractivity (Wildman–Crippen MR) is 49.1 cm³/mol. The summed E-state index contributed by atoms with van der Waals surface area (Å²) >= 11 is 0. The molecule has 5 nitrogen and oxygen atoms in total. The lowest BCUT2D eigenvalue weighted by Gasteiger charge is -2.23. The van der Waals surface area contributed by atoms with Gasteiger partial charge in [-0.3, -0.25) is 4.21 Å². The summed E-state index contributed by atoms with van der Waals surface area (Å²) in [5.74, 6) is 1.96. The molecule has 0 amide bonds. The zero-order valence-corrected chi connectivity index (χ0v) is 8.21. The number of aryl methyl sites for hydroxylation is 1. The van der Waals surface area contributed by atoms with E-state index < -0.39 is 10.8 Å². The summed E-state index contributed by atoms with van der Waals surface area (Å²) in [6.45, 7) is 3.25. The van der Waals surface area contributed by atoms with E-state index in [4.69, 9.17) is 4.42 Å². The van der Waals surface area contributed by atoms with E-state index in [0.29, 0.717) is 23.4 Å². The van der Waals surface area contributed by atoms with Gasteiger partial charge in [-0.05, 0) is 0 Å². The first-order valence-corrected chi connectivity index (χ1v) is 5.64. The van der Waals surface area contributed by atoms with E-state index in [2.05, 4.69) is 10.2 Å². The van der Waals surface area contributed by atoms with Gasteiger partial charge >= 0.3 is 6.01 Å². The molecule has 1 aliphatic rings. The zero-order valence-electron chi connectivity index (χ0n) is 7.39. The Morgan fingerprint density at radius 2 is 2.08 bits per heavy atom. The quantitative estimate of drug-likeness (QED) is 0.637. The van der Waals surface area contributed by atoms with Crippen molar-refractivity contribution in [2.75, 3.05) is 29.5 Å². The Kier molecular flexibility index (Phi) is 2.30. The van der Waals surface area contributed by atoms with Crippen molar-refractivity contribution in [1.29, 1.82) is 0 Å². The maximum Gasteiger partial charge on any atom is 0.318 e. The topological polar surface area (TPSA) is 59.2 Å². The van der Waals surface area contributed by atoms with E-state index in [0.717, 1.165) is 13.1 Å². The summed E-state index contributed by atoms with van der Waals surface area (Å²) in [5.41, 5.74) is 0. The first kappa shape index (κ1) is 8.68. The Balaban J connectivity index is 2.06. The maximum absolute atomic E-state index is 11.1. The summed E-state index contributed by atoms with van der Waals surface area (Å²) in [6.07, 6.45) is 0. The molecule has 0 aliphatic carbocycles. The Labute approximate surface area is 78.6 Å². The van der Waals surface area contributed by atoms with Crippen LogP contribution in [0.4, 0.5) is 6.01 Å². The molecule has 1 aromatic heterocycles. The molecule has 0 aromatic carbocycles. The van der Waals surface area contributed by atoms with Crippen LogP contribution in [0.15, 0.2) is 4.42 Å². The van der Waals surface area contributed by atoms with Gasteiger partial charge < -0.3 is 9.32 Å². The van der Waals surface area contributed by atoms with Gasteiger partial charge in [-0.2, -0.15) is 0 Å². The van der Waals surface area contributed by atoms with Gasteiger partial charge in [0, 0.05) is 42.3 Å². The Hall–Kier alpha value is -0.910. The Morgan fingerprint density at radius 3 is 2.62 bits per heavy atom. The number of anilines is 1. The number of hydrogen-bond donors (Lipinski definition) is 0. The van der Waals surface area contributed by atoms with Crippen LogP contribution >= 0.6 is 0 Å². The summed E-state index contributed by atoms with van der Waals surface area (Å²) in [4.78, 5) is 1.97. The highest BCUT2D eigenvalue weighted by Gasteiger charge is 2.19. The van der Waals surface area contributed by atoms with Crippen LogP contribution in [-0.2, 0) is 10.8 Å². The van der Waals surface area contributed by atoms with Crippen LogP contribution in [0.5, 0.6) is 0 Å². The fraction of sp³-hybridized carbons (Fsp3) is 0.714. The van der Waals surface area contributed by atoms with Crippen molar-refractivity contribution in [2.24, 2.45) is 0 Å². The molecule has 0 unspecified atom stereocenters. The number of rotatable bonds is 1. The molecule has 0 spiro atoms. The largest absolute Gasteiger partial charge is 0.408 e. The minimum Gasteiger partial charge on any atom is -0.408 e. The second kappa shape index (κ2) is 3.45. The Bertz CT molecular complexity index is 315. The molecule has 2 heterocycles. The van der Waals surface area contributed by atoms with Gasteiger partial charge in [-0.15, -0.1) is 5.10 Å². The summed E-state index contributed by atoms with van der Waals surface area (Å²) in [7, 11) is -0.659. The second-order valence-corrected chi connectivity index (χ2v) is 4.63. The van der Waals surface area contributed by atoms with Gasteiger partial charge in [-0.1, -0.05) is 5.10 Å². The van der Waals surface area contributed by atoms with Crippen molar-refractivity contribution >= 4 is 16.8 Å². The third kappa shape index (κ3) is 1.88. The lowest BCUT2D eigenvalue weighted by molar-refractivity contribution is 0.506. The van der Waals surface area contributed by atoms with Gasteiger partial charge in [0.1, 0.15) is 0 Å². The average Bonchev–Trinajstić information content (AvgIpc) is 2.53. The van der Waals surface area contributed by atoms with Crippen LogP contribution in [0.25, 0.3) is 0 Å². The highest BCUT2D eigenvalue weighted by Crippen LogP contribution is 2.13. The lowest BCUT2D eigenvalue weighted by Crippen LogP contribution is -2.37. The third-order valence-corrected chi connectivity index (χ3v) is 3.24. The second-order valence-electron chi connectivity index (χ2n) is 2.94. The SMILES string of the molecule is Cc1nnc(N2CCS(=O)CC2)o1. The first-order chi connectivity index (χ1) is 6.25. The monoisotopic (exact) mass is 201 g/mol. The van der Waals surface area contributed by atoms with Gasteiger partial charge in [0.25, 0.3) is 0 Å². The van der Waals surface area contributed by atoms with Gasteiger partial charge in [0.2, 0.25) is 5.89 Å². The molecule has 0 saturated carbocycles. The van der Waals surface area contributed by atoms with Crippen molar-refractivity contribution in [3.05, 3.63) is 5.89 Å². The van der Waals surface area contributed by atoms with Gasteiger partial charge in [-0.25, -0.2) is 0 Å². The molecule has 1 saturated heterocycles. The van der Waals surface area contributed by atoms with E-state index in [1.54, 1.807) is 6.92 Å². The summed E-state index contributed by atoms with van der Waals surface area (Å²) in [5, 5.41) is 7.65.